The first-order chi connectivity index (χ1) is 11.5. The zero-order chi connectivity index (χ0) is 17.1. The average molecular weight is 334 g/mol. The van der Waals surface area contributed by atoms with Crippen LogP contribution in [0, 0.1) is 11.8 Å². The molecule has 1 unspecified atom stereocenters. The summed E-state index contributed by atoms with van der Waals surface area (Å²) in [6.07, 6.45) is 8.45. The Morgan fingerprint density at radius 2 is 2.21 bits per heavy atom. The first-order valence-electron chi connectivity index (χ1n) is 9.08. The molecule has 0 amide bonds. The maximum atomic E-state index is 11.6. The van der Waals surface area contributed by atoms with Gasteiger partial charge in [0.25, 0.3) is 0 Å². The van der Waals surface area contributed by atoms with E-state index < -0.39 is 0 Å². The molecule has 2 aliphatic heterocycles. The summed E-state index contributed by atoms with van der Waals surface area (Å²) in [4.78, 5) is 16.5. The van der Waals surface area contributed by atoms with Gasteiger partial charge in [-0.1, -0.05) is 0 Å². The average Bonchev–Trinajstić information content (AvgIpc) is 3.14. The lowest BCUT2D eigenvalue weighted by molar-refractivity contribution is -0.141. The summed E-state index contributed by atoms with van der Waals surface area (Å²) < 4.78 is 6.96. The number of nitrogens with zero attached hydrogens (tertiary/aromatic N) is 4. The monoisotopic (exact) mass is 334 g/mol. The van der Waals surface area contributed by atoms with Gasteiger partial charge < -0.3 is 9.64 Å². The van der Waals surface area contributed by atoms with Crippen molar-refractivity contribution in [3.8, 4) is 0 Å². The van der Waals surface area contributed by atoms with E-state index in [9.17, 15) is 4.79 Å². The van der Waals surface area contributed by atoms with Crippen LogP contribution in [0.15, 0.2) is 12.4 Å². The molecule has 0 saturated carbocycles. The van der Waals surface area contributed by atoms with Crippen molar-refractivity contribution in [3.05, 3.63) is 18.0 Å². The standard InChI is InChI=1S/C18H30N4O2/c1-20(9-6-14-7-10-24-18(14)23)12-15-5-4-8-21(2)17(15)16-11-19-22(3)13-16/h11,13-15,17H,4-10,12H2,1-3H3/t14?,15-,17+/m0/s1. The highest BCUT2D eigenvalue weighted by Gasteiger charge is 2.32. The van der Waals surface area contributed by atoms with Crippen molar-refractivity contribution in [1.82, 2.24) is 19.6 Å². The van der Waals surface area contributed by atoms with Crippen molar-refractivity contribution in [3.63, 3.8) is 0 Å². The van der Waals surface area contributed by atoms with Crippen molar-refractivity contribution in [2.45, 2.75) is 31.7 Å². The fraction of sp³-hybridized carbons (Fsp3) is 0.778. The Kier molecular flexibility index (Phi) is 5.56. The van der Waals surface area contributed by atoms with E-state index in [1.807, 2.05) is 17.9 Å². The SMILES string of the molecule is CN(CCC1CCOC1=O)C[C@@H]1CCCN(C)[C@H]1c1cnn(C)c1. The summed E-state index contributed by atoms with van der Waals surface area (Å²) >= 11 is 0. The zero-order valence-electron chi connectivity index (χ0n) is 15.1. The molecular weight excluding hydrogens is 304 g/mol. The molecule has 2 saturated heterocycles. The van der Waals surface area contributed by atoms with Crippen LogP contribution < -0.4 is 0 Å². The zero-order valence-corrected chi connectivity index (χ0v) is 15.1. The van der Waals surface area contributed by atoms with Gasteiger partial charge in [0.2, 0.25) is 0 Å². The number of aromatic nitrogens is 2. The van der Waals surface area contributed by atoms with Crippen molar-refractivity contribution < 1.29 is 9.53 Å². The molecule has 1 aromatic heterocycles. The molecule has 3 atom stereocenters. The summed E-state index contributed by atoms with van der Waals surface area (Å²) in [5.74, 6) is 0.707. The molecule has 3 heterocycles. The van der Waals surface area contributed by atoms with Crippen molar-refractivity contribution >= 4 is 5.97 Å². The predicted molar refractivity (Wildman–Crippen MR) is 92.5 cm³/mol. The molecule has 6 nitrogen and oxygen atoms in total. The van der Waals surface area contributed by atoms with Crippen LogP contribution in [-0.2, 0) is 16.6 Å². The number of hydrogen-bond acceptors (Lipinski definition) is 5. The molecule has 0 spiro atoms. The van der Waals surface area contributed by atoms with Gasteiger partial charge in [0.05, 0.1) is 18.7 Å². The quantitative estimate of drug-likeness (QED) is 0.741. The molecule has 0 aliphatic carbocycles. The van der Waals surface area contributed by atoms with Crippen molar-refractivity contribution in [1.29, 1.82) is 0 Å². The summed E-state index contributed by atoms with van der Waals surface area (Å²) in [5.41, 5.74) is 1.32. The fourth-order valence-corrected chi connectivity index (χ4v) is 4.24. The van der Waals surface area contributed by atoms with E-state index in [-0.39, 0.29) is 11.9 Å². The Hall–Kier alpha value is -1.40. The van der Waals surface area contributed by atoms with Gasteiger partial charge in [0, 0.05) is 31.4 Å². The minimum atomic E-state index is -0.00552. The highest BCUT2D eigenvalue weighted by Crippen LogP contribution is 2.35. The van der Waals surface area contributed by atoms with E-state index >= 15 is 0 Å². The van der Waals surface area contributed by atoms with Crippen LogP contribution in [0.25, 0.3) is 0 Å². The largest absolute Gasteiger partial charge is 0.465 e. The number of cyclic esters (lactones) is 1. The molecule has 0 bridgehead atoms. The highest BCUT2D eigenvalue weighted by atomic mass is 16.5. The molecule has 6 heteroatoms. The van der Waals surface area contributed by atoms with E-state index in [0.29, 0.717) is 18.6 Å². The van der Waals surface area contributed by atoms with E-state index in [4.69, 9.17) is 4.74 Å². The summed E-state index contributed by atoms with van der Waals surface area (Å²) in [7, 11) is 6.38. The first-order valence-corrected chi connectivity index (χ1v) is 9.08. The van der Waals surface area contributed by atoms with Gasteiger partial charge in [-0.25, -0.2) is 0 Å². The minimum absolute atomic E-state index is 0.00552. The summed E-state index contributed by atoms with van der Waals surface area (Å²) in [6.45, 7) is 3.77. The number of ether oxygens (including phenoxy) is 1. The fourth-order valence-electron chi connectivity index (χ4n) is 4.24. The normalized spacial score (nSPS) is 28.5. The second-order valence-electron chi connectivity index (χ2n) is 7.48. The minimum Gasteiger partial charge on any atom is -0.465 e. The Balaban J connectivity index is 1.57. The lowest BCUT2D eigenvalue weighted by Crippen LogP contribution is -2.41. The molecule has 134 valence electrons. The Morgan fingerprint density at radius 3 is 2.88 bits per heavy atom. The van der Waals surface area contributed by atoms with Gasteiger partial charge in [-0.05, 0) is 58.8 Å². The molecule has 2 aliphatic rings. The number of piperidine rings is 1. The summed E-state index contributed by atoms with van der Waals surface area (Å²) in [6, 6.07) is 0.436. The molecule has 0 aromatic carbocycles. The van der Waals surface area contributed by atoms with Crippen LogP contribution in [0.4, 0.5) is 0 Å². The number of carbonyl (C=O) groups excluding carboxylic acids is 1. The maximum Gasteiger partial charge on any atom is 0.309 e. The molecule has 1 aromatic rings. The molecule has 0 N–H and O–H groups in total. The Bertz CT molecular complexity index is 559. The lowest BCUT2D eigenvalue weighted by atomic mass is 9.85. The number of likely N-dealkylation sites (tertiary alicyclic amines) is 1. The van der Waals surface area contributed by atoms with E-state index in [2.05, 4.69) is 35.2 Å². The number of rotatable bonds is 6. The van der Waals surface area contributed by atoms with Crippen LogP contribution in [0.5, 0.6) is 0 Å². The third-order valence-electron chi connectivity index (χ3n) is 5.52. The van der Waals surface area contributed by atoms with Gasteiger partial charge in [-0.2, -0.15) is 5.10 Å². The molecular formula is C18H30N4O2. The smallest absolute Gasteiger partial charge is 0.309 e. The second-order valence-corrected chi connectivity index (χ2v) is 7.48. The third-order valence-corrected chi connectivity index (χ3v) is 5.52. The predicted octanol–water partition coefficient (Wildman–Crippen LogP) is 1.69. The Morgan fingerprint density at radius 1 is 1.38 bits per heavy atom. The lowest BCUT2D eigenvalue weighted by Gasteiger charge is -2.40. The van der Waals surface area contributed by atoms with Crippen molar-refractivity contribution in [2.75, 3.05) is 40.3 Å². The third kappa shape index (κ3) is 3.98. The van der Waals surface area contributed by atoms with Crippen LogP contribution in [-0.4, -0.2) is 65.9 Å². The number of hydrogen-bond donors (Lipinski definition) is 0. The molecule has 0 radical (unpaired) electrons. The summed E-state index contributed by atoms with van der Waals surface area (Å²) in [5, 5.41) is 4.36. The molecule has 3 rings (SSSR count). The van der Waals surface area contributed by atoms with E-state index in [1.54, 1.807) is 0 Å². The van der Waals surface area contributed by atoms with Gasteiger partial charge >= 0.3 is 5.97 Å². The van der Waals surface area contributed by atoms with Crippen LogP contribution in [0.3, 0.4) is 0 Å². The van der Waals surface area contributed by atoms with E-state index in [1.165, 1.54) is 18.4 Å². The number of carbonyl (C=O) groups is 1. The van der Waals surface area contributed by atoms with E-state index in [0.717, 1.165) is 32.5 Å². The molecule has 2 fully saturated rings. The van der Waals surface area contributed by atoms with Crippen LogP contribution in [0.1, 0.15) is 37.3 Å². The van der Waals surface area contributed by atoms with Gasteiger partial charge in [0.1, 0.15) is 0 Å². The number of esters is 1. The molecule has 24 heavy (non-hydrogen) atoms. The van der Waals surface area contributed by atoms with Gasteiger partial charge in [-0.3, -0.25) is 14.4 Å². The second kappa shape index (κ2) is 7.66. The van der Waals surface area contributed by atoms with Crippen molar-refractivity contribution in [2.24, 2.45) is 18.9 Å². The highest BCUT2D eigenvalue weighted by molar-refractivity contribution is 5.74. The number of aryl methyl sites for hydroxylation is 1. The topological polar surface area (TPSA) is 50.6 Å². The van der Waals surface area contributed by atoms with Crippen LogP contribution in [0.2, 0.25) is 0 Å². The Labute approximate surface area is 144 Å². The maximum absolute atomic E-state index is 11.6. The van der Waals surface area contributed by atoms with Gasteiger partial charge in [-0.15, -0.1) is 0 Å². The first kappa shape index (κ1) is 17.4. The van der Waals surface area contributed by atoms with Crippen LogP contribution >= 0.6 is 0 Å². The van der Waals surface area contributed by atoms with Gasteiger partial charge in [0.15, 0.2) is 0 Å².